The third-order valence-corrected chi connectivity index (χ3v) is 2.63. The highest BCUT2D eigenvalue weighted by Crippen LogP contribution is 2.14. The molecule has 0 bridgehead atoms. The Hall–Kier alpha value is -1.55. The van der Waals surface area contributed by atoms with Crippen LogP contribution in [0, 0.1) is 5.41 Å². The van der Waals surface area contributed by atoms with E-state index in [4.69, 9.17) is 9.84 Å². The molecule has 0 radical (unpaired) electrons. The average Bonchev–Trinajstić information content (AvgIpc) is 2.29. The molecule has 1 aromatic carbocycles. The molecule has 17 heavy (non-hydrogen) atoms. The summed E-state index contributed by atoms with van der Waals surface area (Å²) in [6, 6.07) is 7.69. The lowest BCUT2D eigenvalue weighted by molar-refractivity contribution is -0.146. The summed E-state index contributed by atoms with van der Waals surface area (Å²) in [5.74, 6) is 0.0272. The second-order valence-corrected chi connectivity index (χ2v) is 4.64. The Labute approximate surface area is 102 Å². The number of aliphatic carboxylic acids is 1. The summed E-state index contributed by atoms with van der Waals surface area (Å²) in [6.07, 6.45) is 0. The fourth-order valence-corrected chi connectivity index (χ4v) is 1.34. The summed E-state index contributed by atoms with van der Waals surface area (Å²) in [5, 5.41) is 12.1. The van der Waals surface area contributed by atoms with Crippen LogP contribution in [0.1, 0.15) is 19.4 Å². The van der Waals surface area contributed by atoms with Gasteiger partial charge in [0.2, 0.25) is 0 Å². The average molecular weight is 237 g/mol. The maximum atomic E-state index is 10.9. The van der Waals surface area contributed by atoms with Crippen LogP contribution in [0.3, 0.4) is 0 Å². The summed E-state index contributed by atoms with van der Waals surface area (Å²) < 4.78 is 5.06. The molecule has 0 atom stereocenters. The van der Waals surface area contributed by atoms with Gasteiger partial charge < -0.3 is 15.2 Å². The van der Waals surface area contributed by atoms with E-state index in [1.165, 1.54) is 0 Å². The molecule has 4 nitrogen and oxygen atoms in total. The fraction of sp³-hybridized carbons (Fsp3) is 0.462. The predicted molar refractivity (Wildman–Crippen MR) is 66.1 cm³/mol. The maximum absolute atomic E-state index is 10.9. The third kappa shape index (κ3) is 4.07. The molecule has 0 aromatic heterocycles. The van der Waals surface area contributed by atoms with Crippen LogP contribution in [-0.2, 0) is 11.3 Å². The van der Waals surface area contributed by atoms with Gasteiger partial charge in [-0.15, -0.1) is 0 Å². The Morgan fingerprint density at radius 1 is 1.35 bits per heavy atom. The second-order valence-electron chi connectivity index (χ2n) is 4.64. The maximum Gasteiger partial charge on any atom is 0.310 e. The molecular weight excluding hydrogens is 218 g/mol. The van der Waals surface area contributed by atoms with Gasteiger partial charge in [0.15, 0.2) is 0 Å². The van der Waals surface area contributed by atoms with Crippen LogP contribution in [0.5, 0.6) is 5.75 Å². The van der Waals surface area contributed by atoms with Crippen LogP contribution in [0.4, 0.5) is 0 Å². The van der Waals surface area contributed by atoms with E-state index in [9.17, 15) is 4.79 Å². The smallest absolute Gasteiger partial charge is 0.310 e. The van der Waals surface area contributed by atoms with E-state index in [0.717, 1.165) is 11.3 Å². The zero-order valence-corrected chi connectivity index (χ0v) is 10.5. The normalized spacial score (nSPS) is 11.2. The second kappa shape index (κ2) is 5.68. The third-order valence-electron chi connectivity index (χ3n) is 2.63. The number of carbonyl (C=O) groups is 1. The van der Waals surface area contributed by atoms with Crippen LogP contribution in [0.25, 0.3) is 0 Å². The number of rotatable bonds is 6. The molecule has 0 fully saturated rings. The number of hydrogen-bond donors (Lipinski definition) is 2. The highest BCUT2D eigenvalue weighted by molar-refractivity contribution is 5.73. The number of nitrogens with one attached hydrogen (secondary N) is 1. The van der Waals surface area contributed by atoms with Gasteiger partial charge in [-0.1, -0.05) is 12.1 Å². The van der Waals surface area contributed by atoms with E-state index in [1.807, 2.05) is 24.3 Å². The Balaban J connectivity index is 2.43. The van der Waals surface area contributed by atoms with Crippen molar-refractivity contribution < 1.29 is 14.6 Å². The van der Waals surface area contributed by atoms with Gasteiger partial charge in [0.25, 0.3) is 0 Å². The van der Waals surface area contributed by atoms with Crippen LogP contribution in [0.2, 0.25) is 0 Å². The van der Waals surface area contributed by atoms with Gasteiger partial charge in [-0.25, -0.2) is 0 Å². The van der Waals surface area contributed by atoms with Gasteiger partial charge in [-0.3, -0.25) is 4.79 Å². The van der Waals surface area contributed by atoms with Crippen molar-refractivity contribution in [2.45, 2.75) is 20.4 Å². The summed E-state index contributed by atoms with van der Waals surface area (Å²) in [6.45, 7) is 4.50. The number of ether oxygens (including phenoxy) is 1. The quantitative estimate of drug-likeness (QED) is 0.793. The first-order valence-electron chi connectivity index (χ1n) is 5.53. The largest absolute Gasteiger partial charge is 0.497 e. The number of hydrogen-bond acceptors (Lipinski definition) is 3. The van der Waals surface area contributed by atoms with E-state index in [-0.39, 0.29) is 0 Å². The molecule has 0 aliphatic carbocycles. The van der Waals surface area contributed by atoms with Crippen molar-refractivity contribution >= 4 is 5.97 Å². The van der Waals surface area contributed by atoms with E-state index in [2.05, 4.69) is 5.32 Å². The van der Waals surface area contributed by atoms with E-state index >= 15 is 0 Å². The molecule has 0 saturated carbocycles. The van der Waals surface area contributed by atoms with Crippen molar-refractivity contribution in [3.63, 3.8) is 0 Å². The van der Waals surface area contributed by atoms with Gasteiger partial charge in [0.1, 0.15) is 5.75 Å². The zero-order valence-electron chi connectivity index (χ0n) is 10.5. The SMILES string of the molecule is COc1ccc(CNCC(C)(C)C(=O)O)cc1. The van der Waals surface area contributed by atoms with Gasteiger partial charge >= 0.3 is 5.97 Å². The molecular formula is C13H19NO3. The van der Waals surface area contributed by atoms with E-state index in [1.54, 1.807) is 21.0 Å². The molecule has 1 rings (SSSR count). The van der Waals surface area contributed by atoms with Crippen LogP contribution in [-0.4, -0.2) is 24.7 Å². The summed E-state index contributed by atoms with van der Waals surface area (Å²) >= 11 is 0. The molecule has 94 valence electrons. The molecule has 0 aliphatic heterocycles. The van der Waals surface area contributed by atoms with Crippen molar-refractivity contribution in [1.82, 2.24) is 5.32 Å². The highest BCUT2D eigenvalue weighted by atomic mass is 16.5. The fourth-order valence-electron chi connectivity index (χ4n) is 1.34. The van der Waals surface area contributed by atoms with Crippen molar-refractivity contribution in [1.29, 1.82) is 0 Å². The number of carboxylic acid groups (broad SMARTS) is 1. The van der Waals surface area contributed by atoms with E-state index < -0.39 is 11.4 Å². The summed E-state index contributed by atoms with van der Waals surface area (Å²) in [7, 11) is 1.63. The highest BCUT2D eigenvalue weighted by Gasteiger charge is 2.26. The standard InChI is InChI=1S/C13H19NO3/c1-13(2,12(15)16)9-14-8-10-4-6-11(17-3)7-5-10/h4-7,14H,8-9H2,1-3H3,(H,15,16). The number of benzene rings is 1. The minimum absolute atomic E-state index is 0.439. The summed E-state index contributed by atoms with van der Waals surface area (Å²) in [4.78, 5) is 10.9. The predicted octanol–water partition coefficient (Wildman–Crippen LogP) is 1.90. The Morgan fingerprint density at radius 3 is 2.41 bits per heavy atom. The number of methoxy groups -OCH3 is 1. The molecule has 0 saturated heterocycles. The Morgan fingerprint density at radius 2 is 1.94 bits per heavy atom. The van der Waals surface area contributed by atoms with Crippen LogP contribution < -0.4 is 10.1 Å². The molecule has 0 spiro atoms. The monoisotopic (exact) mass is 237 g/mol. The van der Waals surface area contributed by atoms with Gasteiger partial charge in [0.05, 0.1) is 12.5 Å². The first-order chi connectivity index (χ1) is 7.95. The topological polar surface area (TPSA) is 58.6 Å². The minimum Gasteiger partial charge on any atom is -0.497 e. The molecule has 0 aliphatic rings. The van der Waals surface area contributed by atoms with Crippen LogP contribution >= 0.6 is 0 Å². The molecule has 0 heterocycles. The lowest BCUT2D eigenvalue weighted by atomic mass is 9.94. The van der Waals surface area contributed by atoms with Gasteiger partial charge in [-0.2, -0.15) is 0 Å². The lowest BCUT2D eigenvalue weighted by Gasteiger charge is -2.19. The molecule has 0 amide bonds. The first kappa shape index (κ1) is 13.5. The van der Waals surface area contributed by atoms with Crippen LogP contribution in [0.15, 0.2) is 24.3 Å². The van der Waals surface area contributed by atoms with Gasteiger partial charge in [-0.05, 0) is 31.5 Å². The van der Waals surface area contributed by atoms with Crippen molar-refractivity contribution in [3.05, 3.63) is 29.8 Å². The number of carboxylic acids is 1. The molecule has 0 unspecified atom stereocenters. The van der Waals surface area contributed by atoms with Gasteiger partial charge in [0, 0.05) is 13.1 Å². The lowest BCUT2D eigenvalue weighted by Crippen LogP contribution is -2.35. The summed E-state index contributed by atoms with van der Waals surface area (Å²) in [5.41, 5.74) is 0.360. The first-order valence-corrected chi connectivity index (χ1v) is 5.53. The Kier molecular flexibility index (Phi) is 4.52. The molecule has 4 heteroatoms. The van der Waals surface area contributed by atoms with E-state index in [0.29, 0.717) is 13.1 Å². The van der Waals surface area contributed by atoms with Crippen molar-refractivity contribution in [2.24, 2.45) is 5.41 Å². The molecule has 2 N–H and O–H groups in total. The zero-order chi connectivity index (χ0) is 12.9. The van der Waals surface area contributed by atoms with Crippen molar-refractivity contribution in [2.75, 3.05) is 13.7 Å². The minimum atomic E-state index is -0.792. The molecule has 1 aromatic rings. The Bertz CT molecular complexity index is 371. The van der Waals surface area contributed by atoms with Crippen molar-refractivity contribution in [3.8, 4) is 5.75 Å².